The summed E-state index contributed by atoms with van der Waals surface area (Å²) >= 11 is 0. The molecule has 23 heavy (non-hydrogen) atoms. The monoisotopic (exact) mass is 321 g/mol. The molecule has 0 radical (unpaired) electrons. The number of ether oxygens (including phenoxy) is 1. The molecule has 1 heterocycles. The standard InChI is InChI=1S/C17H31N5O/c1-3-18-17(20-12-15-13-21-22(2)14-15)19-10-11-23-16-8-6-4-5-7-9-16/h13-14,16H,3-12H2,1-2H3,(H2,18,19,20). The fourth-order valence-corrected chi connectivity index (χ4v) is 2.87. The molecule has 1 aromatic rings. The van der Waals surface area contributed by atoms with Gasteiger partial charge in [-0.25, -0.2) is 4.99 Å². The van der Waals surface area contributed by atoms with Crippen LogP contribution >= 0.6 is 0 Å². The van der Waals surface area contributed by atoms with Crippen LogP contribution in [0.4, 0.5) is 0 Å². The highest BCUT2D eigenvalue weighted by Crippen LogP contribution is 2.19. The molecule has 0 spiro atoms. The molecule has 0 amide bonds. The minimum Gasteiger partial charge on any atom is -0.376 e. The van der Waals surface area contributed by atoms with Gasteiger partial charge in [0.25, 0.3) is 0 Å². The van der Waals surface area contributed by atoms with Crippen LogP contribution in [0.15, 0.2) is 17.4 Å². The van der Waals surface area contributed by atoms with Gasteiger partial charge in [0, 0.05) is 31.9 Å². The quantitative estimate of drug-likeness (QED) is 0.350. The molecule has 0 atom stereocenters. The van der Waals surface area contributed by atoms with Crippen LogP contribution in [0.3, 0.4) is 0 Å². The van der Waals surface area contributed by atoms with Crippen LogP contribution in [-0.2, 0) is 18.3 Å². The zero-order valence-corrected chi connectivity index (χ0v) is 14.6. The Morgan fingerprint density at radius 3 is 2.74 bits per heavy atom. The SMILES string of the molecule is CCNC(=NCc1cnn(C)c1)NCCOC1CCCCCC1. The largest absolute Gasteiger partial charge is 0.376 e. The van der Waals surface area contributed by atoms with Crippen molar-refractivity contribution in [3.05, 3.63) is 18.0 Å². The number of aliphatic imine (C=N–C) groups is 1. The third-order valence-corrected chi connectivity index (χ3v) is 4.07. The van der Waals surface area contributed by atoms with Gasteiger partial charge in [-0.15, -0.1) is 0 Å². The Morgan fingerprint density at radius 2 is 2.09 bits per heavy atom. The van der Waals surface area contributed by atoms with Gasteiger partial charge in [0.05, 0.1) is 25.5 Å². The Hall–Kier alpha value is -1.56. The van der Waals surface area contributed by atoms with E-state index in [-0.39, 0.29) is 0 Å². The number of nitrogens with zero attached hydrogens (tertiary/aromatic N) is 3. The van der Waals surface area contributed by atoms with E-state index in [1.54, 1.807) is 4.68 Å². The Bertz CT molecular complexity index is 463. The van der Waals surface area contributed by atoms with Gasteiger partial charge < -0.3 is 15.4 Å². The molecule has 0 saturated heterocycles. The number of hydrogen-bond acceptors (Lipinski definition) is 3. The molecule has 2 rings (SSSR count). The van der Waals surface area contributed by atoms with Gasteiger partial charge in [0.2, 0.25) is 0 Å². The maximum absolute atomic E-state index is 6.00. The molecule has 130 valence electrons. The van der Waals surface area contributed by atoms with Crippen LogP contribution in [0.1, 0.15) is 51.0 Å². The number of guanidine groups is 1. The van der Waals surface area contributed by atoms with Crippen molar-refractivity contribution in [2.75, 3.05) is 19.7 Å². The minimum atomic E-state index is 0.453. The molecule has 1 aliphatic carbocycles. The molecule has 0 aromatic carbocycles. The number of rotatable bonds is 7. The Labute approximate surface area is 139 Å². The molecule has 6 nitrogen and oxygen atoms in total. The van der Waals surface area contributed by atoms with Crippen molar-refractivity contribution >= 4 is 5.96 Å². The van der Waals surface area contributed by atoms with Crippen LogP contribution in [0.25, 0.3) is 0 Å². The third kappa shape index (κ3) is 7.03. The van der Waals surface area contributed by atoms with Gasteiger partial charge in [0.1, 0.15) is 0 Å². The van der Waals surface area contributed by atoms with Crippen LogP contribution < -0.4 is 10.6 Å². The maximum Gasteiger partial charge on any atom is 0.191 e. The summed E-state index contributed by atoms with van der Waals surface area (Å²) in [6, 6.07) is 0. The van der Waals surface area contributed by atoms with Gasteiger partial charge >= 0.3 is 0 Å². The topological polar surface area (TPSA) is 63.5 Å². The van der Waals surface area contributed by atoms with Crippen molar-refractivity contribution in [2.45, 2.75) is 58.1 Å². The van der Waals surface area contributed by atoms with Gasteiger partial charge in [-0.1, -0.05) is 25.7 Å². The van der Waals surface area contributed by atoms with E-state index in [4.69, 9.17) is 4.74 Å². The number of hydrogen-bond donors (Lipinski definition) is 2. The van der Waals surface area contributed by atoms with Crippen LogP contribution in [0, 0.1) is 0 Å². The molecule has 1 saturated carbocycles. The number of nitrogens with one attached hydrogen (secondary N) is 2. The van der Waals surface area contributed by atoms with E-state index in [9.17, 15) is 0 Å². The van der Waals surface area contributed by atoms with E-state index in [1.165, 1.54) is 38.5 Å². The first-order valence-corrected chi connectivity index (χ1v) is 8.89. The summed E-state index contributed by atoms with van der Waals surface area (Å²) in [5.74, 6) is 0.834. The van der Waals surface area contributed by atoms with E-state index >= 15 is 0 Å². The first kappa shape index (κ1) is 17.8. The molecule has 1 fully saturated rings. The number of aromatic nitrogens is 2. The average Bonchev–Trinajstić information content (AvgIpc) is 2.80. The predicted octanol–water partition coefficient (Wildman–Crippen LogP) is 2.21. The lowest BCUT2D eigenvalue weighted by Gasteiger charge is -2.16. The Balaban J connectivity index is 1.69. The molecule has 1 aromatic heterocycles. The van der Waals surface area contributed by atoms with Gasteiger partial charge in [0.15, 0.2) is 5.96 Å². The van der Waals surface area contributed by atoms with Crippen LogP contribution in [0.2, 0.25) is 0 Å². The summed E-state index contributed by atoms with van der Waals surface area (Å²) in [5, 5.41) is 10.8. The maximum atomic E-state index is 6.00. The fraction of sp³-hybridized carbons (Fsp3) is 0.765. The predicted molar refractivity (Wildman–Crippen MR) is 93.5 cm³/mol. The van der Waals surface area contributed by atoms with E-state index in [0.717, 1.165) is 31.2 Å². The summed E-state index contributed by atoms with van der Waals surface area (Å²) < 4.78 is 7.80. The van der Waals surface area contributed by atoms with Crippen molar-refractivity contribution in [1.82, 2.24) is 20.4 Å². The van der Waals surface area contributed by atoms with Gasteiger partial charge in [-0.2, -0.15) is 5.10 Å². The highest BCUT2D eigenvalue weighted by Gasteiger charge is 2.12. The van der Waals surface area contributed by atoms with E-state index < -0.39 is 0 Å². The second-order valence-corrected chi connectivity index (χ2v) is 6.13. The number of aryl methyl sites for hydroxylation is 1. The highest BCUT2D eigenvalue weighted by molar-refractivity contribution is 5.79. The van der Waals surface area contributed by atoms with Gasteiger partial charge in [-0.3, -0.25) is 4.68 Å². The lowest BCUT2D eigenvalue weighted by Crippen LogP contribution is -2.39. The van der Waals surface area contributed by atoms with Crippen LogP contribution in [0.5, 0.6) is 0 Å². The van der Waals surface area contributed by atoms with Crippen molar-refractivity contribution in [3.8, 4) is 0 Å². The van der Waals surface area contributed by atoms with E-state index in [1.807, 2.05) is 19.4 Å². The minimum absolute atomic E-state index is 0.453. The summed E-state index contributed by atoms with van der Waals surface area (Å²) in [7, 11) is 1.92. The Morgan fingerprint density at radius 1 is 1.30 bits per heavy atom. The lowest BCUT2D eigenvalue weighted by molar-refractivity contribution is 0.0468. The van der Waals surface area contributed by atoms with Crippen LogP contribution in [-0.4, -0.2) is 41.5 Å². The second kappa shape index (κ2) is 10.3. The summed E-state index contributed by atoms with van der Waals surface area (Å²) in [4.78, 5) is 4.58. The lowest BCUT2D eigenvalue weighted by atomic mass is 10.1. The highest BCUT2D eigenvalue weighted by atomic mass is 16.5. The summed E-state index contributed by atoms with van der Waals surface area (Å²) in [6.07, 6.45) is 12.1. The normalized spacial score (nSPS) is 17.0. The zero-order valence-electron chi connectivity index (χ0n) is 14.6. The molecular weight excluding hydrogens is 290 g/mol. The third-order valence-electron chi connectivity index (χ3n) is 4.07. The van der Waals surface area contributed by atoms with E-state index in [2.05, 4.69) is 27.6 Å². The molecule has 0 unspecified atom stereocenters. The molecule has 2 N–H and O–H groups in total. The second-order valence-electron chi connectivity index (χ2n) is 6.13. The van der Waals surface area contributed by atoms with E-state index in [0.29, 0.717) is 12.6 Å². The first-order chi connectivity index (χ1) is 11.3. The fourth-order valence-electron chi connectivity index (χ4n) is 2.87. The van der Waals surface area contributed by atoms with Crippen molar-refractivity contribution in [2.24, 2.45) is 12.0 Å². The average molecular weight is 321 g/mol. The molecule has 0 aliphatic heterocycles. The van der Waals surface area contributed by atoms with Crippen molar-refractivity contribution in [1.29, 1.82) is 0 Å². The van der Waals surface area contributed by atoms with Gasteiger partial charge in [-0.05, 0) is 19.8 Å². The zero-order chi connectivity index (χ0) is 16.3. The molecule has 1 aliphatic rings. The summed E-state index contributed by atoms with van der Waals surface area (Å²) in [6.45, 7) is 5.08. The molecular formula is C17H31N5O. The smallest absolute Gasteiger partial charge is 0.191 e. The molecule has 0 bridgehead atoms. The Kier molecular flexibility index (Phi) is 7.93. The molecule has 6 heteroatoms. The summed E-state index contributed by atoms with van der Waals surface area (Å²) in [5.41, 5.74) is 1.11. The first-order valence-electron chi connectivity index (χ1n) is 8.89. The van der Waals surface area contributed by atoms with Crippen molar-refractivity contribution < 1.29 is 4.74 Å². The van der Waals surface area contributed by atoms with Crippen molar-refractivity contribution in [3.63, 3.8) is 0 Å².